The van der Waals surface area contributed by atoms with Gasteiger partial charge in [0.1, 0.15) is 0 Å². The summed E-state index contributed by atoms with van der Waals surface area (Å²) in [5.74, 6) is 0.834. The van der Waals surface area contributed by atoms with Crippen LogP contribution in [0.15, 0.2) is 0 Å². The highest BCUT2D eigenvalue weighted by Crippen LogP contribution is 2.21. The van der Waals surface area contributed by atoms with E-state index in [-0.39, 0.29) is 6.01 Å². The maximum absolute atomic E-state index is 6.14. The van der Waals surface area contributed by atoms with Gasteiger partial charge in [-0.1, -0.05) is 18.5 Å². The van der Waals surface area contributed by atoms with E-state index in [1.807, 2.05) is 13.8 Å². The van der Waals surface area contributed by atoms with Gasteiger partial charge < -0.3 is 10.1 Å². The van der Waals surface area contributed by atoms with Crippen molar-refractivity contribution < 1.29 is 4.74 Å². The van der Waals surface area contributed by atoms with Crippen LogP contribution in [0.4, 0.5) is 5.95 Å². The first-order chi connectivity index (χ1) is 9.56. The summed E-state index contributed by atoms with van der Waals surface area (Å²) in [4.78, 5) is 12.7. The molecule has 0 saturated heterocycles. The quantitative estimate of drug-likeness (QED) is 0.911. The molecule has 2 aromatic rings. The van der Waals surface area contributed by atoms with Crippen molar-refractivity contribution in [3.63, 3.8) is 0 Å². The molecule has 2 aromatic heterocycles. The predicted octanol–water partition coefficient (Wildman–Crippen LogP) is 2.16. The van der Waals surface area contributed by atoms with E-state index in [0.717, 1.165) is 24.4 Å². The number of hydrogen-bond donors (Lipinski definition) is 1. The molecule has 0 amide bonds. The number of nitrogens with one attached hydrogen (secondary N) is 1. The van der Waals surface area contributed by atoms with E-state index in [1.54, 1.807) is 4.68 Å². The van der Waals surface area contributed by atoms with Gasteiger partial charge in [0.05, 0.1) is 23.5 Å². The van der Waals surface area contributed by atoms with Gasteiger partial charge in [0.2, 0.25) is 5.95 Å². The number of hydrogen-bond acceptors (Lipinski definition) is 6. The first kappa shape index (κ1) is 14.5. The van der Waals surface area contributed by atoms with E-state index in [9.17, 15) is 0 Å². The van der Waals surface area contributed by atoms with Crippen molar-refractivity contribution in [1.29, 1.82) is 0 Å². The van der Waals surface area contributed by atoms with Crippen LogP contribution in [0.2, 0.25) is 5.02 Å². The molecule has 8 heteroatoms. The first-order valence-corrected chi connectivity index (χ1v) is 6.70. The minimum Gasteiger partial charge on any atom is -0.467 e. The number of ether oxygens (including phenoxy) is 1. The largest absolute Gasteiger partial charge is 0.467 e. The molecule has 2 heterocycles. The Labute approximate surface area is 122 Å². The molecular formula is C12H17ClN6O. The second-order valence-electron chi connectivity index (χ2n) is 4.27. The van der Waals surface area contributed by atoms with Gasteiger partial charge in [0.25, 0.3) is 5.95 Å². The third kappa shape index (κ3) is 2.82. The average molecular weight is 297 g/mol. The molecule has 0 aliphatic rings. The van der Waals surface area contributed by atoms with Crippen LogP contribution >= 0.6 is 11.6 Å². The lowest BCUT2D eigenvalue weighted by atomic mass is 10.4. The summed E-state index contributed by atoms with van der Waals surface area (Å²) in [6.45, 7) is 6.52. The van der Waals surface area contributed by atoms with E-state index in [1.165, 1.54) is 7.11 Å². The van der Waals surface area contributed by atoms with Crippen molar-refractivity contribution in [2.24, 2.45) is 0 Å². The highest BCUT2D eigenvalue weighted by molar-refractivity contribution is 6.31. The van der Waals surface area contributed by atoms with Gasteiger partial charge >= 0.3 is 6.01 Å². The summed E-state index contributed by atoms with van der Waals surface area (Å²) in [6, 6.07) is 0.234. The summed E-state index contributed by atoms with van der Waals surface area (Å²) < 4.78 is 6.68. The van der Waals surface area contributed by atoms with Crippen molar-refractivity contribution in [3.8, 4) is 12.0 Å². The summed E-state index contributed by atoms with van der Waals surface area (Å²) in [6.07, 6.45) is 0.967. The Kier molecular flexibility index (Phi) is 4.39. The van der Waals surface area contributed by atoms with E-state index in [0.29, 0.717) is 16.9 Å². The van der Waals surface area contributed by atoms with Crippen molar-refractivity contribution in [2.45, 2.75) is 27.2 Å². The zero-order valence-corrected chi connectivity index (χ0v) is 12.7. The normalized spacial score (nSPS) is 10.7. The molecule has 0 radical (unpaired) electrons. The van der Waals surface area contributed by atoms with Crippen molar-refractivity contribution in [2.75, 3.05) is 19.0 Å². The van der Waals surface area contributed by atoms with Gasteiger partial charge in [-0.2, -0.15) is 20.1 Å². The average Bonchev–Trinajstić information content (AvgIpc) is 2.72. The Bertz CT molecular complexity index is 612. The number of anilines is 1. The smallest absolute Gasteiger partial charge is 0.322 e. The number of aryl methyl sites for hydroxylation is 1. The Morgan fingerprint density at radius 1 is 1.25 bits per heavy atom. The molecule has 0 fully saturated rings. The van der Waals surface area contributed by atoms with E-state index in [2.05, 4.69) is 32.3 Å². The molecule has 0 aliphatic carbocycles. The van der Waals surface area contributed by atoms with Crippen molar-refractivity contribution >= 4 is 17.5 Å². The Hall–Kier alpha value is -1.89. The molecule has 108 valence electrons. The summed E-state index contributed by atoms with van der Waals surface area (Å²) in [5.41, 5.74) is 1.51. The zero-order valence-electron chi connectivity index (χ0n) is 11.9. The molecule has 0 unspecified atom stereocenters. The lowest BCUT2D eigenvalue weighted by molar-refractivity contribution is 0.377. The molecule has 0 aliphatic heterocycles. The van der Waals surface area contributed by atoms with Crippen molar-refractivity contribution in [3.05, 3.63) is 16.4 Å². The molecule has 0 saturated carbocycles. The monoisotopic (exact) mass is 296 g/mol. The van der Waals surface area contributed by atoms with Gasteiger partial charge in [-0.05, 0) is 20.3 Å². The van der Waals surface area contributed by atoms with Crippen LogP contribution < -0.4 is 10.1 Å². The molecule has 0 bridgehead atoms. The fourth-order valence-electron chi connectivity index (χ4n) is 1.67. The van der Waals surface area contributed by atoms with Crippen LogP contribution in [0.1, 0.15) is 24.7 Å². The molecular weight excluding hydrogens is 280 g/mol. The predicted molar refractivity (Wildman–Crippen MR) is 76.8 cm³/mol. The van der Waals surface area contributed by atoms with Crippen LogP contribution in [0.25, 0.3) is 5.95 Å². The second kappa shape index (κ2) is 6.04. The first-order valence-electron chi connectivity index (χ1n) is 6.32. The maximum Gasteiger partial charge on any atom is 0.322 e. The van der Waals surface area contributed by atoms with Crippen molar-refractivity contribution in [1.82, 2.24) is 24.7 Å². The zero-order chi connectivity index (χ0) is 14.7. The summed E-state index contributed by atoms with van der Waals surface area (Å²) in [7, 11) is 1.51. The van der Waals surface area contributed by atoms with Gasteiger partial charge in [-0.25, -0.2) is 4.68 Å². The van der Waals surface area contributed by atoms with Crippen LogP contribution in [0.5, 0.6) is 6.01 Å². The van der Waals surface area contributed by atoms with Crippen LogP contribution in [-0.4, -0.2) is 38.4 Å². The molecule has 0 atom stereocenters. The molecule has 20 heavy (non-hydrogen) atoms. The van der Waals surface area contributed by atoms with Gasteiger partial charge in [0.15, 0.2) is 0 Å². The second-order valence-corrected chi connectivity index (χ2v) is 4.65. The SMILES string of the molecule is CCCNc1nc(OC)nc(-n2nc(C)c(Cl)c2C)n1. The standard InChI is InChI=1S/C12H17ClN6O/c1-5-6-14-10-15-11(17-12(16-10)20-4)19-8(3)9(13)7(2)18-19/h5-6H2,1-4H3,(H,14,15,16,17). The highest BCUT2D eigenvalue weighted by atomic mass is 35.5. The number of rotatable bonds is 5. The number of nitrogens with zero attached hydrogens (tertiary/aromatic N) is 5. The topological polar surface area (TPSA) is 77.8 Å². The minimum absolute atomic E-state index is 0.234. The Balaban J connectivity index is 2.46. The summed E-state index contributed by atoms with van der Waals surface area (Å²) in [5, 5.41) is 8.03. The van der Waals surface area contributed by atoms with E-state index >= 15 is 0 Å². The van der Waals surface area contributed by atoms with E-state index < -0.39 is 0 Å². The molecule has 0 spiro atoms. The number of halogens is 1. The maximum atomic E-state index is 6.14. The van der Waals surface area contributed by atoms with Gasteiger partial charge in [0, 0.05) is 6.54 Å². The summed E-state index contributed by atoms with van der Waals surface area (Å²) >= 11 is 6.14. The van der Waals surface area contributed by atoms with Gasteiger partial charge in [-0.3, -0.25) is 0 Å². The van der Waals surface area contributed by atoms with Crippen LogP contribution in [0, 0.1) is 13.8 Å². The minimum atomic E-state index is 0.234. The third-order valence-electron chi connectivity index (χ3n) is 2.71. The molecule has 7 nitrogen and oxygen atoms in total. The van der Waals surface area contributed by atoms with E-state index in [4.69, 9.17) is 16.3 Å². The Morgan fingerprint density at radius 3 is 2.55 bits per heavy atom. The Morgan fingerprint density at radius 2 is 2.00 bits per heavy atom. The lowest BCUT2D eigenvalue weighted by Gasteiger charge is -2.08. The van der Waals surface area contributed by atoms with Gasteiger partial charge in [-0.15, -0.1) is 0 Å². The fourth-order valence-corrected chi connectivity index (χ4v) is 1.78. The van der Waals surface area contributed by atoms with Crippen LogP contribution in [0.3, 0.4) is 0 Å². The fraction of sp³-hybridized carbons (Fsp3) is 0.500. The third-order valence-corrected chi connectivity index (χ3v) is 3.26. The lowest BCUT2D eigenvalue weighted by Crippen LogP contribution is -2.12. The number of aromatic nitrogens is 5. The van der Waals surface area contributed by atoms with Crippen LogP contribution in [-0.2, 0) is 0 Å². The number of methoxy groups -OCH3 is 1. The molecule has 1 N–H and O–H groups in total. The highest BCUT2D eigenvalue weighted by Gasteiger charge is 2.15. The molecule has 2 rings (SSSR count). The molecule has 0 aromatic carbocycles.